The molecule has 0 bridgehead atoms. The Hall–Kier alpha value is -2.21. The van der Waals surface area contributed by atoms with Crippen molar-refractivity contribution in [1.29, 1.82) is 0 Å². The molecule has 6 nitrogen and oxygen atoms in total. The highest BCUT2D eigenvalue weighted by atomic mass is 35.5. The highest BCUT2D eigenvalue weighted by Crippen LogP contribution is 2.28. The molecule has 0 aromatic carbocycles. The van der Waals surface area contributed by atoms with E-state index in [0.29, 0.717) is 28.5 Å². The molecule has 1 aliphatic carbocycles. The van der Waals surface area contributed by atoms with E-state index in [4.69, 9.17) is 11.6 Å². The average molecular weight is 343 g/mol. The smallest absolute Gasteiger partial charge is 0.223 e. The van der Waals surface area contributed by atoms with Crippen molar-refractivity contribution in [2.75, 3.05) is 5.32 Å². The van der Waals surface area contributed by atoms with Gasteiger partial charge in [0.05, 0.1) is 11.2 Å². The minimum Gasteiger partial charge on any atom is -0.351 e. The number of pyridine rings is 1. The minimum atomic E-state index is 0.415. The van der Waals surface area contributed by atoms with Crippen molar-refractivity contribution in [3.63, 3.8) is 0 Å². The maximum atomic E-state index is 6.32. The van der Waals surface area contributed by atoms with Crippen LogP contribution in [0.4, 0.5) is 5.95 Å². The summed E-state index contributed by atoms with van der Waals surface area (Å²) in [7, 11) is 0. The third kappa shape index (κ3) is 2.94. The van der Waals surface area contributed by atoms with E-state index in [0.717, 1.165) is 24.4 Å². The fourth-order valence-electron chi connectivity index (χ4n) is 3.34. The van der Waals surface area contributed by atoms with Gasteiger partial charge < -0.3 is 5.32 Å². The summed E-state index contributed by atoms with van der Waals surface area (Å²) >= 11 is 6.32. The third-order valence-electron chi connectivity index (χ3n) is 4.54. The zero-order chi connectivity index (χ0) is 16.5. The molecule has 0 unspecified atom stereocenters. The van der Waals surface area contributed by atoms with E-state index in [2.05, 4.69) is 32.4 Å². The molecule has 2 atom stereocenters. The first-order valence-corrected chi connectivity index (χ1v) is 8.67. The van der Waals surface area contributed by atoms with Crippen LogP contribution in [0.2, 0.25) is 5.02 Å². The Kier molecular flexibility index (Phi) is 4.06. The van der Waals surface area contributed by atoms with Gasteiger partial charge in [-0.25, -0.2) is 9.97 Å². The van der Waals surface area contributed by atoms with Crippen LogP contribution in [0, 0.1) is 5.92 Å². The Labute approximate surface area is 145 Å². The maximum Gasteiger partial charge on any atom is 0.223 e. The maximum absolute atomic E-state index is 6.32. The Balaban J connectivity index is 1.66. The molecular weight excluding hydrogens is 324 g/mol. The molecule has 0 radical (unpaired) electrons. The second-order valence-corrected chi connectivity index (χ2v) is 6.86. The first-order valence-electron chi connectivity index (χ1n) is 8.30. The SMILES string of the molecule is C[C@@H]1CCC[C@@H](Nc2ncc(Cl)c(-c3nnc4ccccn34)n2)C1. The zero-order valence-corrected chi connectivity index (χ0v) is 14.2. The van der Waals surface area contributed by atoms with Gasteiger partial charge in [0.25, 0.3) is 0 Å². The van der Waals surface area contributed by atoms with Gasteiger partial charge in [-0.1, -0.05) is 37.4 Å². The lowest BCUT2D eigenvalue weighted by Gasteiger charge is -2.27. The molecule has 24 heavy (non-hydrogen) atoms. The van der Waals surface area contributed by atoms with Gasteiger partial charge in [-0.2, -0.15) is 0 Å². The Morgan fingerprint density at radius 2 is 2.17 bits per heavy atom. The van der Waals surface area contributed by atoms with Gasteiger partial charge in [0.15, 0.2) is 11.5 Å². The van der Waals surface area contributed by atoms with Crippen molar-refractivity contribution in [3.8, 4) is 11.5 Å². The number of nitrogens with zero attached hydrogens (tertiary/aromatic N) is 5. The third-order valence-corrected chi connectivity index (χ3v) is 4.82. The summed E-state index contributed by atoms with van der Waals surface area (Å²) in [6.07, 6.45) is 8.38. The molecule has 1 saturated carbocycles. The van der Waals surface area contributed by atoms with Crippen LogP contribution >= 0.6 is 11.6 Å². The molecule has 0 saturated heterocycles. The van der Waals surface area contributed by atoms with E-state index >= 15 is 0 Å². The average Bonchev–Trinajstić information content (AvgIpc) is 3.01. The number of rotatable bonds is 3. The number of aromatic nitrogens is 5. The van der Waals surface area contributed by atoms with Crippen LogP contribution in [0.25, 0.3) is 17.2 Å². The predicted molar refractivity (Wildman–Crippen MR) is 94.1 cm³/mol. The van der Waals surface area contributed by atoms with Crippen molar-refractivity contribution < 1.29 is 0 Å². The van der Waals surface area contributed by atoms with Crippen LogP contribution in [0.15, 0.2) is 30.6 Å². The fourth-order valence-corrected chi connectivity index (χ4v) is 3.52. The van der Waals surface area contributed by atoms with E-state index < -0.39 is 0 Å². The highest BCUT2D eigenvalue weighted by molar-refractivity contribution is 6.32. The van der Waals surface area contributed by atoms with E-state index in [9.17, 15) is 0 Å². The van der Waals surface area contributed by atoms with E-state index in [1.165, 1.54) is 12.8 Å². The summed E-state index contributed by atoms with van der Waals surface area (Å²) in [6.45, 7) is 2.30. The molecule has 4 rings (SSSR count). The quantitative estimate of drug-likeness (QED) is 0.783. The first-order chi connectivity index (χ1) is 11.7. The minimum absolute atomic E-state index is 0.415. The number of fused-ring (bicyclic) bond motifs is 1. The topological polar surface area (TPSA) is 68.0 Å². The normalized spacial score (nSPS) is 21.1. The Bertz CT molecular complexity index is 861. The van der Waals surface area contributed by atoms with Gasteiger partial charge in [-0.15, -0.1) is 10.2 Å². The zero-order valence-electron chi connectivity index (χ0n) is 13.5. The van der Waals surface area contributed by atoms with Crippen molar-refractivity contribution >= 4 is 23.2 Å². The summed E-state index contributed by atoms with van der Waals surface area (Å²) in [4.78, 5) is 8.94. The summed E-state index contributed by atoms with van der Waals surface area (Å²) in [5, 5.41) is 12.3. The molecule has 3 heterocycles. The first kappa shape index (κ1) is 15.3. The number of hydrogen-bond donors (Lipinski definition) is 1. The molecule has 1 aliphatic rings. The largest absolute Gasteiger partial charge is 0.351 e. The fraction of sp³-hybridized carbons (Fsp3) is 0.412. The van der Waals surface area contributed by atoms with Gasteiger partial charge >= 0.3 is 0 Å². The second kappa shape index (κ2) is 6.36. The number of halogens is 1. The molecular formula is C17H19ClN6. The lowest BCUT2D eigenvalue weighted by Crippen LogP contribution is -2.27. The predicted octanol–water partition coefficient (Wildman–Crippen LogP) is 3.83. The summed E-state index contributed by atoms with van der Waals surface area (Å²) < 4.78 is 1.88. The van der Waals surface area contributed by atoms with Crippen LogP contribution in [-0.4, -0.2) is 30.6 Å². The van der Waals surface area contributed by atoms with Gasteiger partial charge in [0, 0.05) is 12.2 Å². The van der Waals surface area contributed by atoms with E-state index in [1.54, 1.807) is 6.20 Å². The molecule has 3 aromatic heterocycles. The van der Waals surface area contributed by atoms with E-state index in [-0.39, 0.29) is 0 Å². The highest BCUT2D eigenvalue weighted by Gasteiger charge is 2.20. The number of hydrogen-bond acceptors (Lipinski definition) is 5. The van der Waals surface area contributed by atoms with Crippen LogP contribution in [0.1, 0.15) is 32.6 Å². The van der Waals surface area contributed by atoms with E-state index in [1.807, 2.05) is 28.8 Å². The number of nitrogens with one attached hydrogen (secondary N) is 1. The van der Waals surface area contributed by atoms with Gasteiger partial charge in [0.2, 0.25) is 5.95 Å². The van der Waals surface area contributed by atoms with Gasteiger partial charge in [-0.3, -0.25) is 4.40 Å². The van der Waals surface area contributed by atoms with Crippen molar-refractivity contribution in [1.82, 2.24) is 24.6 Å². The molecule has 0 spiro atoms. The lowest BCUT2D eigenvalue weighted by molar-refractivity contribution is 0.357. The van der Waals surface area contributed by atoms with Crippen LogP contribution in [0.5, 0.6) is 0 Å². The summed E-state index contributed by atoms with van der Waals surface area (Å²) in [5.41, 5.74) is 1.36. The van der Waals surface area contributed by atoms with Gasteiger partial charge in [-0.05, 0) is 30.9 Å². The molecule has 0 aliphatic heterocycles. The van der Waals surface area contributed by atoms with Crippen molar-refractivity contribution in [3.05, 3.63) is 35.6 Å². The second-order valence-electron chi connectivity index (χ2n) is 6.46. The summed E-state index contributed by atoms with van der Waals surface area (Å²) in [6, 6.07) is 6.16. The molecule has 1 fully saturated rings. The molecule has 1 N–H and O–H groups in total. The van der Waals surface area contributed by atoms with Crippen LogP contribution in [-0.2, 0) is 0 Å². The van der Waals surface area contributed by atoms with Crippen molar-refractivity contribution in [2.45, 2.75) is 38.6 Å². The lowest BCUT2D eigenvalue weighted by atomic mass is 9.87. The Morgan fingerprint density at radius 3 is 3.04 bits per heavy atom. The molecule has 124 valence electrons. The Morgan fingerprint density at radius 1 is 1.25 bits per heavy atom. The van der Waals surface area contributed by atoms with Crippen LogP contribution in [0.3, 0.4) is 0 Å². The van der Waals surface area contributed by atoms with Crippen LogP contribution < -0.4 is 5.32 Å². The van der Waals surface area contributed by atoms with Gasteiger partial charge in [0.1, 0.15) is 5.69 Å². The molecule has 3 aromatic rings. The van der Waals surface area contributed by atoms with Crippen molar-refractivity contribution in [2.24, 2.45) is 5.92 Å². The standard InChI is InChI=1S/C17H19ClN6/c1-11-5-4-6-12(9-11)20-17-19-10-13(18)15(21-17)16-23-22-14-7-2-3-8-24(14)16/h2-3,7-8,10-12H,4-6,9H2,1H3,(H,19,20,21)/t11-,12-/m1/s1. The molecule has 0 amide bonds. The monoisotopic (exact) mass is 342 g/mol. The number of anilines is 1. The summed E-state index contributed by atoms with van der Waals surface area (Å²) in [5.74, 6) is 1.96. The molecule has 7 heteroatoms.